The van der Waals surface area contributed by atoms with Crippen molar-refractivity contribution >= 4 is 5.97 Å². The molecule has 0 atom stereocenters. The molecule has 0 aliphatic rings. The number of nitrogens with zero attached hydrogens (tertiary/aromatic N) is 3. The molecule has 0 radical (unpaired) electrons. The van der Waals surface area contributed by atoms with Crippen LogP contribution < -0.4 is 4.74 Å². The van der Waals surface area contributed by atoms with E-state index in [2.05, 4.69) is 10.3 Å². The molecule has 0 unspecified atom stereocenters. The average Bonchev–Trinajstić information content (AvgIpc) is 2.98. The number of rotatable bonds is 5. The Hall–Kier alpha value is -3.36. The van der Waals surface area contributed by atoms with Crippen molar-refractivity contribution in [2.24, 2.45) is 0 Å². The third-order valence-electron chi connectivity index (χ3n) is 3.62. The number of ether oxygens (including phenoxy) is 1. The molecule has 0 saturated carbocycles. The van der Waals surface area contributed by atoms with E-state index >= 15 is 0 Å². The fourth-order valence-electron chi connectivity index (χ4n) is 2.53. The maximum atomic E-state index is 13.9. The van der Waals surface area contributed by atoms with Gasteiger partial charge >= 0.3 is 5.97 Å². The van der Waals surface area contributed by atoms with Gasteiger partial charge in [0.15, 0.2) is 17.3 Å². The third-order valence-corrected chi connectivity index (χ3v) is 3.62. The van der Waals surface area contributed by atoms with Gasteiger partial charge in [-0.1, -0.05) is 11.3 Å². The second-order valence-electron chi connectivity index (χ2n) is 5.38. The predicted octanol–water partition coefficient (Wildman–Crippen LogP) is 3.12. The summed E-state index contributed by atoms with van der Waals surface area (Å²) in [5.74, 6) is -3.72. The van der Waals surface area contributed by atoms with Crippen LogP contribution in [-0.2, 0) is 6.54 Å². The molecule has 0 amide bonds. The number of halogens is 3. The Morgan fingerprint density at radius 2 is 1.85 bits per heavy atom. The maximum Gasteiger partial charge on any atom is 0.358 e. The summed E-state index contributed by atoms with van der Waals surface area (Å²) in [6, 6.07) is 6.76. The van der Waals surface area contributed by atoms with Crippen LogP contribution in [0, 0.1) is 17.5 Å². The lowest BCUT2D eigenvalue weighted by atomic mass is 10.1. The Balaban J connectivity index is 2.08. The molecule has 26 heavy (non-hydrogen) atoms. The molecule has 0 saturated heterocycles. The summed E-state index contributed by atoms with van der Waals surface area (Å²) in [6.45, 7) is -0.0609. The molecule has 1 aromatic heterocycles. The van der Waals surface area contributed by atoms with Crippen molar-refractivity contribution in [3.8, 4) is 17.0 Å². The van der Waals surface area contributed by atoms with Gasteiger partial charge in [-0.15, -0.1) is 5.10 Å². The van der Waals surface area contributed by atoms with Crippen molar-refractivity contribution in [1.29, 1.82) is 0 Å². The van der Waals surface area contributed by atoms with Crippen LogP contribution in [0.1, 0.15) is 16.1 Å². The van der Waals surface area contributed by atoms with Gasteiger partial charge in [-0.05, 0) is 29.8 Å². The molecule has 3 rings (SSSR count). The lowest BCUT2D eigenvalue weighted by molar-refractivity contribution is 0.0691. The number of hydrogen-bond acceptors (Lipinski definition) is 4. The zero-order valence-electron chi connectivity index (χ0n) is 13.4. The van der Waals surface area contributed by atoms with E-state index in [0.717, 1.165) is 16.8 Å². The first-order valence-electron chi connectivity index (χ1n) is 7.34. The fraction of sp³-hybridized carbons (Fsp3) is 0.118. The summed E-state index contributed by atoms with van der Waals surface area (Å²) in [6.07, 6.45) is 0. The maximum absolute atomic E-state index is 13.9. The highest BCUT2D eigenvalue weighted by Gasteiger charge is 2.22. The van der Waals surface area contributed by atoms with Crippen molar-refractivity contribution in [3.05, 3.63) is 65.1 Å². The minimum atomic E-state index is -1.41. The third kappa shape index (κ3) is 3.37. The summed E-state index contributed by atoms with van der Waals surface area (Å²) < 4.78 is 46.9. The number of carboxylic acid groups (broad SMARTS) is 1. The van der Waals surface area contributed by atoms with Crippen LogP contribution in [0.3, 0.4) is 0 Å². The van der Waals surface area contributed by atoms with Crippen LogP contribution in [0.25, 0.3) is 11.3 Å². The summed E-state index contributed by atoms with van der Waals surface area (Å²) in [7, 11) is 1.32. The average molecular weight is 363 g/mol. The predicted molar refractivity (Wildman–Crippen MR) is 84.4 cm³/mol. The molecular weight excluding hydrogens is 351 g/mol. The molecule has 3 aromatic rings. The van der Waals surface area contributed by atoms with E-state index < -0.39 is 29.1 Å². The second-order valence-corrected chi connectivity index (χ2v) is 5.38. The van der Waals surface area contributed by atoms with E-state index in [0.29, 0.717) is 11.6 Å². The fourth-order valence-corrected chi connectivity index (χ4v) is 2.53. The van der Waals surface area contributed by atoms with Crippen molar-refractivity contribution in [2.75, 3.05) is 7.11 Å². The van der Waals surface area contributed by atoms with E-state index in [1.54, 1.807) is 6.07 Å². The Kier molecular flexibility index (Phi) is 4.61. The molecule has 0 fully saturated rings. The van der Waals surface area contributed by atoms with Gasteiger partial charge in [0.2, 0.25) is 0 Å². The van der Waals surface area contributed by atoms with E-state index in [9.17, 15) is 23.1 Å². The summed E-state index contributed by atoms with van der Waals surface area (Å²) >= 11 is 0. The summed E-state index contributed by atoms with van der Waals surface area (Å²) in [5.41, 5.74) is -0.168. The van der Waals surface area contributed by atoms with Gasteiger partial charge in [-0.25, -0.2) is 22.6 Å². The van der Waals surface area contributed by atoms with Crippen molar-refractivity contribution < 1.29 is 27.8 Å². The minimum absolute atomic E-state index is 0.0427. The van der Waals surface area contributed by atoms with Crippen molar-refractivity contribution in [3.63, 3.8) is 0 Å². The largest absolute Gasteiger partial charge is 0.494 e. The van der Waals surface area contributed by atoms with Crippen molar-refractivity contribution in [2.45, 2.75) is 6.54 Å². The molecule has 9 heteroatoms. The smallest absolute Gasteiger partial charge is 0.358 e. The summed E-state index contributed by atoms with van der Waals surface area (Å²) in [5, 5.41) is 16.6. The number of carboxylic acids is 1. The standard InChI is InChI=1S/C17H12F3N3O3/c1-26-14-3-2-9(4-13(14)20)8-23-16(15(17(24)25)21-22-23)10-5-11(18)7-12(19)6-10/h2-7H,8H2,1H3,(H,24,25). The van der Waals surface area contributed by atoms with Gasteiger partial charge in [0.1, 0.15) is 17.3 Å². The zero-order chi connectivity index (χ0) is 18.8. The van der Waals surface area contributed by atoms with Crippen LogP contribution in [-0.4, -0.2) is 33.2 Å². The van der Waals surface area contributed by atoms with Gasteiger partial charge in [-0.3, -0.25) is 0 Å². The Labute approximate surface area is 145 Å². The van der Waals surface area contributed by atoms with Crippen LogP contribution in [0.5, 0.6) is 5.75 Å². The summed E-state index contributed by atoms with van der Waals surface area (Å²) in [4.78, 5) is 11.4. The SMILES string of the molecule is COc1ccc(Cn2nnc(C(=O)O)c2-c2cc(F)cc(F)c2)cc1F. The number of benzene rings is 2. The second kappa shape index (κ2) is 6.87. The number of hydrogen-bond donors (Lipinski definition) is 1. The first-order chi connectivity index (χ1) is 12.4. The van der Waals surface area contributed by atoms with Gasteiger partial charge in [0.25, 0.3) is 0 Å². The molecule has 0 bridgehead atoms. The zero-order valence-corrected chi connectivity index (χ0v) is 13.4. The van der Waals surface area contributed by atoms with E-state index in [4.69, 9.17) is 4.74 Å². The molecule has 1 heterocycles. The quantitative estimate of drug-likeness (QED) is 0.754. The highest BCUT2D eigenvalue weighted by Crippen LogP contribution is 2.26. The molecule has 134 valence electrons. The van der Waals surface area contributed by atoms with E-state index in [1.165, 1.54) is 19.2 Å². The minimum Gasteiger partial charge on any atom is -0.494 e. The molecule has 0 spiro atoms. The van der Waals surface area contributed by atoms with Gasteiger partial charge in [0.05, 0.1) is 13.7 Å². The Morgan fingerprint density at radius 3 is 2.42 bits per heavy atom. The van der Waals surface area contributed by atoms with Gasteiger partial charge in [-0.2, -0.15) is 0 Å². The van der Waals surface area contributed by atoms with E-state index in [1.807, 2.05) is 0 Å². The first-order valence-corrected chi connectivity index (χ1v) is 7.34. The van der Waals surface area contributed by atoms with Gasteiger partial charge in [0, 0.05) is 11.6 Å². The highest BCUT2D eigenvalue weighted by molar-refractivity contribution is 5.92. The normalized spacial score (nSPS) is 10.8. The van der Waals surface area contributed by atoms with Crippen LogP contribution in [0.4, 0.5) is 13.2 Å². The Morgan fingerprint density at radius 1 is 1.15 bits per heavy atom. The number of aromatic carboxylic acids is 1. The van der Waals surface area contributed by atoms with E-state index in [-0.39, 0.29) is 23.6 Å². The molecular formula is C17H12F3N3O3. The molecule has 0 aliphatic heterocycles. The number of methoxy groups -OCH3 is 1. The highest BCUT2D eigenvalue weighted by atomic mass is 19.1. The molecule has 1 N–H and O–H groups in total. The lowest BCUT2D eigenvalue weighted by Crippen LogP contribution is -2.07. The number of aromatic nitrogens is 3. The Bertz CT molecular complexity index is 968. The molecule has 6 nitrogen and oxygen atoms in total. The van der Waals surface area contributed by atoms with Crippen LogP contribution in [0.15, 0.2) is 36.4 Å². The molecule has 2 aromatic carbocycles. The monoisotopic (exact) mass is 363 g/mol. The molecule has 0 aliphatic carbocycles. The van der Waals surface area contributed by atoms with Crippen LogP contribution >= 0.6 is 0 Å². The topological polar surface area (TPSA) is 77.2 Å². The lowest BCUT2D eigenvalue weighted by Gasteiger charge is -2.09. The van der Waals surface area contributed by atoms with Crippen LogP contribution in [0.2, 0.25) is 0 Å². The first kappa shape index (κ1) is 17.5. The number of carbonyl (C=O) groups is 1. The van der Waals surface area contributed by atoms with Gasteiger partial charge < -0.3 is 9.84 Å². The van der Waals surface area contributed by atoms with Crippen molar-refractivity contribution in [1.82, 2.24) is 15.0 Å².